The van der Waals surface area contributed by atoms with Gasteiger partial charge in [-0.1, -0.05) is 0 Å². The fourth-order valence-electron chi connectivity index (χ4n) is 1.18. The number of carbonyl (C=O) groups excluding carboxylic acids is 2. The molecule has 0 radical (unpaired) electrons. The Morgan fingerprint density at radius 2 is 0.909 bits per heavy atom. The van der Waals surface area contributed by atoms with Crippen molar-refractivity contribution in [3.05, 3.63) is 0 Å². The van der Waals surface area contributed by atoms with Crippen molar-refractivity contribution >= 4 is 11.9 Å². The molecule has 0 fully saturated rings. The molecule has 130 valence electrons. The van der Waals surface area contributed by atoms with Gasteiger partial charge in [-0.25, -0.2) is 9.59 Å². The summed E-state index contributed by atoms with van der Waals surface area (Å²) in [7, 11) is 0.679. The van der Waals surface area contributed by atoms with E-state index in [4.69, 9.17) is 0 Å². The number of esters is 2. The van der Waals surface area contributed by atoms with Crippen molar-refractivity contribution in [2.24, 2.45) is 0 Å². The predicted molar refractivity (Wildman–Crippen MR) is 53.1 cm³/mol. The summed E-state index contributed by atoms with van der Waals surface area (Å²) >= 11 is 0. The van der Waals surface area contributed by atoms with E-state index >= 15 is 0 Å². The highest BCUT2D eigenvalue weighted by Gasteiger charge is 2.67. The molecule has 12 heteroatoms. The van der Waals surface area contributed by atoms with Crippen LogP contribution in [0.2, 0.25) is 0 Å². The Hall–Kier alpha value is -1.62. The van der Waals surface area contributed by atoms with Crippen molar-refractivity contribution in [3.63, 3.8) is 0 Å². The summed E-state index contributed by atoms with van der Waals surface area (Å²) in [4.78, 5) is 21.0. The fourth-order valence-corrected chi connectivity index (χ4v) is 1.18. The van der Waals surface area contributed by atoms with E-state index in [9.17, 15) is 44.7 Å². The first kappa shape index (κ1) is 20.4. The molecule has 0 aromatic rings. The molecule has 0 unspecified atom stereocenters. The lowest BCUT2D eigenvalue weighted by Gasteiger charge is -2.28. The van der Waals surface area contributed by atoms with Crippen molar-refractivity contribution in [1.29, 1.82) is 0 Å². The molecule has 0 aliphatic carbocycles. The molecule has 0 heterocycles. The molecular weight excluding hydrogens is 336 g/mol. The van der Waals surface area contributed by atoms with Gasteiger partial charge in [-0.15, -0.1) is 0 Å². The number of carbonyl (C=O) groups is 2. The number of alkyl halides is 8. The Kier molecular flexibility index (Phi) is 5.78. The van der Waals surface area contributed by atoms with Gasteiger partial charge in [0.05, 0.1) is 14.2 Å². The molecule has 0 aliphatic heterocycles. The molecule has 0 amide bonds. The Morgan fingerprint density at radius 3 is 1.09 bits per heavy atom. The first-order chi connectivity index (χ1) is 9.67. The quantitative estimate of drug-likeness (QED) is 0.525. The van der Waals surface area contributed by atoms with Crippen molar-refractivity contribution in [1.82, 2.24) is 0 Å². The molecule has 0 bridgehead atoms. The largest absolute Gasteiger partial charge is 0.464 e. The van der Waals surface area contributed by atoms with Crippen LogP contribution in [0.4, 0.5) is 35.1 Å². The van der Waals surface area contributed by atoms with E-state index in [1.807, 2.05) is 0 Å². The summed E-state index contributed by atoms with van der Waals surface area (Å²) in [6.07, 6.45) is -5.01. The second kappa shape index (κ2) is 6.24. The summed E-state index contributed by atoms with van der Waals surface area (Å²) in [6.45, 7) is 0. The monoisotopic (exact) mass is 346 g/mol. The minimum Gasteiger partial charge on any atom is -0.464 e. The molecule has 0 rings (SSSR count). The Balaban J connectivity index is 5.20. The van der Waals surface area contributed by atoms with Gasteiger partial charge < -0.3 is 9.47 Å². The molecule has 0 aromatic heterocycles. The third kappa shape index (κ3) is 3.58. The molecule has 22 heavy (non-hydrogen) atoms. The van der Waals surface area contributed by atoms with E-state index in [-0.39, 0.29) is 0 Å². The van der Waals surface area contributed by atoms with Gasteiger partial charge in [0.25, 0.3) is 0 Å². The van der Waals surface area contributed by atoms with Crippen LogP contribution in [0.15, 0.2) is 0 Å². The SMILES string of the molecule is COC(=O)C(F)(F)C(F)(F)CCC(F)(F)C(F)(F)C(=O)OC. The lowest BCUT2D eigenvalue weighted by Crippen LogP contribution is -2.51. The molecule has 0 atom stereocenters. The number of hydrogen-bond donors (Lipinski definition) is 0. The highest BCUT2D eigenvalue weighted by Crippen LogP contribution is 2.44. The lowest BCUT2D eigenvalue weighted by atomic mass is 9.99. The molecule has 4 nitrogen and oxygen atoms in total. The first-order valence-corrected chi connectivity index (χ1v) is 5.35. The van der Waals surface area contributed by atoms with Crippen LogP contribution in [-0.2, 0) is 19.1 Å². The molecule has 0 spiro atoms. The summed E-state index contributed by atoms with van der Waals surface area (Å²) in [5.74, 6) is -27.2. The average Bonchev–Trinajstić information content (AvgIpc) is 2.42. The maximum absolute atomic E-state index is 13.1. The fraction of sp³-hybridized carbons (Fsp3) is 0.800. The van der Waals surface area contributed by atoms with Crippen molar-refractivity contribution in [2.75, 3.05) is 14.2 Å². The van der Waals surface area contributed by atoms with Crippen LogP contribution in [0.5, 0.6) is 0 Å². The summed E-state index contributed by atoms with van der Waals surface area (Å²) in [5.41, 5.74) is 0. The third-order valence-corrected chi connectivity index (χ3v) is 2.56. The number of ether oxygens (including phenoxy) is 2. The van der Waals surface area contributed by atoms with Crippen LogP contribution >= 0.6 is 0 Å². The zero-order valence-electron chi connectivity index (χ0n) is 11.1. The molecule has 0 saturated heterocycles. The lowest BCUT2D eigenvalue weighted by molar-refractivity contribution is -0.249. The maximum Gasteiger partial charge on any atom is 0.404 e. The Morgan fingerprint density at radius 1 is 0.682 bits per heavy atom. The van der Waals surface area contributed by atoms with Crippen molar-refractivity contribution in [3.8, 4) is 0 Å². The van der Waals surface area contributed by atoms with Gasteiger partial charge in [-0.3, -0.25) is 0 Å². The summed E-state index contributed by atoms with van der Waals surface area (Å²) in [5, 5.41) is 0. The third-order valence-electron chi connectivity index (χ3n) is 2.56. The smallest absolute Gasteiger partial charge is 0.404 e. The molecule has 0 aliphatic rings. The summed E-state index contributed by atoms with van der Waals surface area (Å²) < 4.78 is 111. The van der Waals surface area contributed by atoms with Crippen LogP contribution in [0.3, 0.4) is 0 Å². The normalized spacial score (nSPS) is 13.7. The maximum atomic E-state index is 13.1. The van der Waals surface area contributed by atoms with Gasteiger partial charge in [-0.2, -0.15) is 35.1 Å². The topological polar surface area (TPSA) is 52.6 Å². The minimum atomic E-state index is -5.50. The van der Waals surface area contributed by atoms with E-state index in [1.54, 1.807) is 0 Å². The molecular formula is C10H10F8O4. The first-order valence-electron chi connectivity index (χ1n) is 5.35. The number of halogens is 8. The second-order valence-electron chi connectivity index (χ2n) is 4.04. The highest BCUT2D eigenvalue weighted by molar-refractivity contribution is 5.79. The van der Waals surface area contributed by atoms with Gasteiger partial charge in [0.15, 0.2) is 0 Å². The van der Waals surface area contributed by atoms with Crippen LogP contribution in [0.1, 0.15) is 12.8 Å². The molecule has 0 aromatic carbocycles. The number of rotatable bonds is 7. The van der Waals surface area contributed by atoms with E-state index in [0.29, 0.717) is 14.2 Å². The van der Waals surface area contributed by atoms with E-state index in [2.05, 4.69) is 9.47 Å². The van der Waals surface area contributed by atoms with Gasteiger partial charge in [0.2, 0.25) is 0 Å². The van der Waals surface area contributed by atoms with Crippen molar-refractivity contribution in [2.45, 2.75) is 36.5 Å². The van der Waals surface area contributed by atoms with Crippen molar-refractivity contribution < 1.29 is 54.2 Å². The van der Waals surface area contributed by atoms with Crippen LogP contribution in [-0.4, -0.2) is 49.8 Å². The molecule has 0 N–H and O–H groups in total. The van der Waals surface area contributed by atoms with Gasteiger partial charge >= 0.3 is 35.6 Å². The zero-order valence-corrected chi connectivity index (χ0v) is 11.1. The standard InChI is InChI=1S/C10H10F8O4/c1-21-5(19)9(15,16)7(11,12)3-4-8(13,14)10(17,18)6(20)22-2/h3-4H2,1-2H3. The zero-order chi connectivity index (χ0) is 18.0. The number of methoxy groups -OCH3 is 2. The van der Waals surface area contributed by atoms with Gasteiger partial charge in [-0.05, 0) is 0 Å². The average molecular weight is 346 g/mol. The Labute approximate surface area is 118 Å². The molecule has 0 saturated carbocycles. The second-order valence-corrected chi connectivity index (χ2v) is 4.04. The van der Waals surface area contributed by atoms with Gasteiger partial charge in [0.1, 0.15) is 0 Å². The summed E-state index contributed by atoms with van der Waals surface area (Å²) in [6, 6.07) is 0. The van der Waals surface area contributed by atoms with Crippen LogP contribution < -0.4 is 0 Å². The van der Waals surface area contributed by atoms with Crippen LogP contribution in [0, 0.1) is 0 Å². The number of hydrogen-bond acceptors (Lipinski definition) is 4. The minimum absolute atomic E-state index is 0.340. The van der Waals surface area contributed by atoms with E-state index < -0.39 is 48.5 Å². The highest BCUT2D eigenvalue weighted by atomic mass is 19.3. The Bertz CT molecular complexity index is 395. The van der Waals surface area contributed by atoms with Gasteiger partial charge in [0, 0.05) is 12.8 Å². The van der Waals surface area contributed by atoms with Crippen LogP contribution in [0.25, 0.3) is 0 Å². The predicted octanol–water partition coefficient (Wildman–Crippen LogP) is 2.65. The van der Waals surface area contributed by atoms with E-state index in [1.165, 1.54) is 0 Å². The van der Waals surface area contributed by atoms with E-state index in [0.717, 1.165) is 0 Å².